The number of hydrogen-bond acceptors (Lipinski definition) is 2. The summed E-state index contributed by atoms with van der Waals surface area (Å²) in [5.41, 5.74) is -1.73. The van der Waals surface area contributed by atoms with E-state index in [0.717, 1.165) is 0 Å². The molecule has 0 heterocycles. The highest BCUT2D eigenvalue weighted by Gasteiger charge is 2.64. The van der Waals surface area contributed by atoms with Crippen molar-refractivity contribution < 1.29 is 31.5 Å². The van der Waals surface area contributed by atoms with Gasteiger partial charge in [0.25, 0.3) is 0 Å². The second-order valence-electron chi connectivity index (χ2n) is 3.87. The first-order chi connectivity index (χ1) is 8.48. The van der Waals surface area contributed by atoms with Crippen LogP contribution in [-0.4, -0.2) is 34.7 Å². The number of rotatable bonds is 6. The van der Waals surface area contributed by atoms with Crippen molar-refractivity contribution in [3.63, 3.8) is 0 Å². The predicted molar refractivity (Wildman–Crippen MR) is 61.3 cm³/mol. The molecule has 9 heteroatoms. The largest absolute Gasteiger partial charge is 0.463 e. The lowest BCUT2D eigenvalue weighted by atomic mass is 9.88. The van der Waals surface area contributed by atoms with Gasteiger partial charge in [0.2, 0.25) is 0 Å². The molecule has 0 spiro atoms. The number of carbonyl (C=O) groups excluding carboxylic acids is 2. The fourth-order valence-corrected chi connectivity index (χ4v) is 1.98. The van der Waals surface area contributed by atoms with Crippen LogP contribution in [0, 0.1) is 0 Å². The zero-order valence-electron chi connectivity index (χ0n) is 10.2. The monoisotopic (exact) mass is 353 g/mol. The summed E-state index contributed by atoms with van der Waals surface area (Å²) in [7, 11) is 0. The van der Waals surface area contributed by atoms with Crippen LogP contribution in [-0.2, 0) is 9.59 Å². The topological polar surface area (TPSA) is 46.2 Å². The average molecular weight is 354 g/mol. The first-order valence-electron chi connectivity index (χ1n) is 5.35. The van der Waals surface area contributed by atoms with E-state index in [1.165, 1.54) is 19.2 Å². The first kappa shape index (κ1) is 18.3. The smallest absolute Gasteiger partial charge is 0.338 e. The van der Waals surface area contributed by atoms with Gasteiger partial charge in [-0.2, -0.15) is 22.0 Å². The summed E-state index contributed by atoms with van der Waals surface area (Å²) in [5, 5.41) is 1.28. The fraction of sp³-hybridized carbons (Fsp3) is 0.800. The molecule has 0 aromatic heterocycles. The van der Waals surface area contributed by atoms with Gasteiger partial charge in [0, 0.05) is 0 Å². The van der Waals surface area contributed by atoms with Crippen molar-refractivity contribution in [3.05, 3.63) is 0 Å². The van der Waals surface area contributed by atoms with Crippen LogP contribution in [0.4, 0.5) is 22.0 Å². The minimum absolute atomic E-state index is 0.0897. The maximum Gasteiger partial charge on any atom is 0.463 e. The molecule has 19 heavy (non-hydrogen) atoms. The van der Waals surface area contributed by atoms with Crippen molar-refractivity contribution in [2.24, 2.45) is 0 Å². The van der Waals surface area contributed by atoms with Gasteiger partial charge in [-0.05, 0) is 12.8 Å². The number of ketones is 1. The number of hydrogen-bond donors (Lipinski definition) is 1. The van der Waals surface area contributed by atoms with Crippen molar-refractivity contribution in [2.75, 3.05) is 5.33 Å². The molecule has 0 aromatic carbocycles. The summed E-state index contributed by atoms with van der Waals surface area (Å²) in [6, 6.07) is 0. The van der Waals surface area contributed by atoms with E-state index in [9.17, 15) is 31.5 Å². The molecular weight excluding hydrogens is 341 g/mol. The van der Waals surface area contributed by atoms with Crippen LogP contribution >= 0.6 is 15.9 Å². The van der Waals surface area contributed by atoms with Crippen LogP contribution in [0.25, 0.3) is 0 Å². The van der Waals surface area contributed by atoms with Crippen LogP contribution in [0.15, 0.2) is 0 Å². The minimum atomic E-state index is -6.00. The zero-order chi connectivity index (χ0) is 15.5. The molecule has 3 nitrogen and oxygen atoms in total. The Hall–Kier alpha value is -0.730. The van der Waals surface area contributed by atoms with Crippen molar-refractivity contribution >= 4 is 27.6 Å². The third-order valence-electron chi connectivity index (χ3n) is 2.86. The van der Waals surface area contributed by atoms with Gasteiger partial charge in [-0.25, -0.2) is 0 Å². The molecule has 0 aliphatic heterocycles. The third kappa shape index (κ3) is 3.64. The fourth-order valence-electron chi connectivity index (χ4n) is 1.44. The summed E-state index contributed by atoms with van der Waals surface area (Å²) in [4.78, 5) is 22.7. The van der Waals surface area contributed by atoms with Gasteiger partial charge in [0.1, 0.15) is 0 Å². The second kappa shape index (κ2) is 6.15. The molecular formula is C10H13BrF5NO2. The third-order valence-corrected chi connectivity index (χ3v) is 3.37. The Morgan fingerprint density at radius 1 is 1.05 bits per heavy atom. The number of nitrogens with one attached hydrogen (secondary N) is 1. The molecule has 0 aliphatic rings. The normalized spacial score (nSPS) is 13.3. The lowest BCUT2D eigenvalue weighted by Gasteiger charge is -2.32. The first-order valence-corrected chi connectivity index (χ1v) is 6.47. The summed E-state index contributed by atoms with van der Waals surface area (Å²) in [5.74, 6) is -8.71. The molecule has 112 valence electrons. The van der Waals surface area contributed by atoms with E-state index in [0.29, 0.717) is 0 Å². The second-order valence-corrected chi connectivity index (χ2v) is 4.43. The number of halogens is 6. The number of amides is 1. The Kier molecular flexibility index (Phi) is 5.91. The van der Waals surface area contributed by atoms with E-state index in [-0.39, 0.29) is 18.2 Å². The van der Waals surface area contributed by atoms with E-state index in [2.05, 4.69) is 15.9 Å². The highest BCUT2D eigenvalue weighted by atomic mass is 79.9. The maximum atomic E-state index is 12.8. The molecule has 0 aromatic rings. The van der Waals surface area contributed by atoms with E-state index in [1.54, 1.807) is 0 Å². The van der Waals surface area contributed by atoms with E-state index >= 15 is 0 Å². The molecule has 0 fully saturated rings. The Labute approximate surface area is 115 Å². The van der Waals surface area contributed by atoms with E-state index in [1.807, 2.05) is 0 Å². The van der Waals surface area contributed by atoms with Crippen LogP contribution in [0.3, 0.4) is 0 Å². The van der Waals surface area contributed by atoms with Gasteiger partial charge in [-0.1, -0.05) is 29.8 Å². The molecule has 0 saturated carbocycles. The van der Waals surface area contributed by atoms with Gasteiger partial charge >= 0.3 is 18.0 Å². The number of Topliss-reactive ketones (excluding diaryl/α,β-unsaturated/α-hetero) is 1. The Morgan fingerprint density at radius 2 is 1.47 bits per heavy atom. The Bertz CT molecular complexity index is 352. The van der Waals surface area contributed by atoms with Gasteiger partial charge < -0.3 is 5.32 Å². The van der Waals surface area contributed by atoms with Crippen molar-refractivity contribution in [2.45, 2.75) is 44.3 Å². The maximum absolute atomic E-state index is 12.8. The SMILES string of the molecule is CCC(CC)(NC(=O)C(F)(F)C(F)(F)F)C(=O)CBr. The van der Waals surface area contributed by atoms with Crippen molar-refractivity contribution in [3.8, 4) is 0 Å². The summed E-state index contributed by atoms with van der Waals surface area (Å²) >= 11 is 2.80. The zero-order valence-corrected chi connectivity index (χ0v) is 11.8. The quantitative estimate of drug-likeness (QED) is 0.589. The molecule has 0 radical (unpaired) electrons. The lowest BCUT2D eigenvalue weighted by Crippen LogP contribution is -2.61. The van der Waals surface area contributed by atoms with Crippen molar-refractivity contribution in [1.82, 2.24) is 5.32 Å². The number of carbonyl (C=O) groups is 2. The highest BCUT2D eigenvalue weighted by molar-refractivity contribution is 9.09. The lowest BCUT2D eigenvalue weighted by molar-refractivity contribution is -0.270. The molecule has 1 N–H and O–H groups in total. The highest BCUT2D eigenvalue weighted by Crippen LogP contribution is 2.36. The van der Waals surface area contributed by atoms with Crippen LogP contribution in [0.2, 0.25) is 0 Å². The standard InChI is InChI=1S/C10H13BrF5NO2/c1-3-8(4-2,6(18)5-11)17-7(19)9(12,13)10(14,15)16/h3-5H2,1-2H3,(H,17,19). The van der Waals surface area contributed by atoms with Gasteiger partial charge in [-0.15, -0.1) is 0 Å². The Balaban J connectivity index is 5.30. The summed E-state index contributed by atoms with van der Waals surface area (Å²) in [6.07, 6.45) is -6.18. The molecule has 1 amide bonds. The predicted octanol–water partition coefficient (Wildman–Crippen LogP) is 2.82. The van der Waals surface area contributed by atoms with Crippen LogP contribution in [0.5, 0.6) is 0 Å². The van der Waals surface area contributed by atoms with Crippen LogP contribution < -0.4 is 5.32 Å². The van der Waals surface area contributed by atoms with Gasteiger partial charge in [-0.3, -0.25) is 9.59 Å². The molecule has 0 aliphatic carbocycles. The molecule has 0 atom stereocenters. The van der Waals surface area contributed by atoms with Crippen LogP contribution in [0.1, 0.15) is 26.7 Å². The Morgan fingerprint density at radius 3 is 1.74 bits per heavy atom. The van der Waals surface area contributed by atoms with E-state index < -0.39 is 29.3 Å². The minimum Gasteiger partial charge on any atom is -0.338 e. The van der Waals surface area contributed by atoms with Gasteiger partial charge in [0.15, 0.2) is 5.78 Å². The van der Waals surface area contributed by atoms with Crippen molar-refractivity contribution in [1.29, 1.82) is 0 Å². The van der Waals surface area contributed by atoms with Gasteiger partial charge in [0.05, 0.1) is 10.9 Å². The summed E-state index contributed by atoms with van der Waals surface area (Å²) in [6.45, 7) is 2.83. The number of alkyl halides is 6. The van der Waals surface area contributed by atoms with E-state index in [4.69, 9.17) is 0 Å². The average Bonchev–Trinajstić information content (AvgIpc) is 2.33. The molecule has 0 rings (SSSR count). The molecule has 0 saturated heterocycles. The molecule has 0 bridgehead atoms. The molecule has 0 unspecified atom stereocenters. The summed E-state index contributed by atoms with van der Waals surface area (Å²) < 4.78 is 61.8.